The third-order valence-electron chi connectivity index (χ3n) is 1.71. The average molecular weight is 167 g/mol. The lowest BCUT2D eigenvalue weighted by Crippen LogP contribution is -2.22. The monoisotopic (exact) mass is 167 g/mol. The third-order valence-corrected chi connectivity index (χ3v) is 1.71. The number of rotatable bonds is 5. The van der Waals surface area contributed by atoms with Crippen LogP contribution >= 0.6 is 0 Å². The zero-order valence-corrected chi connectivity index (χ0v) is 7.88. The molecule has 0 spiro atoms. The summed E-state index contributed by atoms with van der Waals surface area (Å²) in [5, 5.41) is 17.9. The van der Waals surface area contributed by atoms with Crippen molar-refractivity contribution in [3.05, 3.63) is 12.2 Å². The van der Waals surface area contributed by atoms with Gasteiger partial charge >= 0.3 is 0 Å². The molecule has 0 aromatic rings. The zero-order valence-electron chi connectivity index (χ0n) is 7.88. The SMILES string of the molecule is CC/C=C/CC[C@@](C)(O)CC#N. The summed E-state index contributed by atoms with van der Waals surface area (Å²) in [5.74, 6) is 0. The maximum atomic E-state index is 9.56. The van der Waals surface area contributed by atoms with Crippen molar-refractivity contribution in [2.45, 2.75) is 45.1 Å². The topological polar surface area (TPSA) is 44.0 Å². The van der Waals surface area contributed by atoms with E-state index in [0.29, 0.717) is 6.42 Å². The molecule has 0 saturated heterocycles. The molecule has 0 amide bonds. The summed E-state index contributed by atoms with van der Waals surface area (Å²) >= 11 is 0. The predicted octanol–water partition coefficient (Wildman–Crippen LogP) is 2.40. The number of aliphatic hydroxyl groups is 1. The van der Waals surface area contributed by atoms with E-state index in [1.54, 1.807) is 6.92 Å². The number of allylic oxidation sites excluding steroid dienone is 2. The normalized spacial score (nSPS) is 15.8. The van der Waals surface area contributed by atoms with Crippen molar-refractivity contribution in [1.29, 1.82) is 5.26 Å². The highest BCUT2D eigenvalue weighted by Crippen LogP contribution is 2.15. The van der Waals surface area contributed by atoms with Gasteiger partial charge in [-0.25, -0.2) is 0 Å². The highest BCUT2D eigenvalue weighted by atomic mass is 16.3. The first-order chi connectivity index (χ1) is 5.62. The maximum absolute atomic E-state index is 9.56. The molecule has 0 aliphatic rings. The second-order valence-electron chi connectivity index (χ2n) is 3.25. The van der Waals surface area contributed by atoms with Crippen LogP contribution in [0, 0.1) is 11.3 Å². The van der Waals surface area contributed by atoms with Crippen molar-refractivity contribution in [2.75, 3.05) is 0 Å². The summed E-state index contributed by atoms with van der Waals surface area (Å²) in [4.78, 5) is 0. The van der Waals surface area contributed by atoms with Crippen LogP contribution in [0.5, 0.6) is 0 Å². The molecule has 0 rings (SSSR count). The summed E-state index contributed by atoms with van der Waals surface area (Å²) in [6.45, 7) is 3.78. The van der Waals surface area contributed by atoms with E-state index >= 15 is 0 Å². The van der Waals surface area contributed by atoms with Gasteiger partial charge in [0.25, 0.3) is 0 Å². The molecule has 0 aromatic heterocycles. The lowest BCUT2D eigenvalue weighted by Gasteiger charge is -2.18. The van der Waals surface area contributed by atoms with E-state index < -0.39 is 5.60 Å². The smallest absolute Gasteiger partial charge is 0.0752 e. The van der Waals surface area contributed by atoms with Crippen LogP contribution in [0.3, 0.4) is 0 Å². The Morgan fingerprint density at radius 1 is 1.50 bits per heavy atom. The Balaban J connectivity index is 3.62. The van der Waals surface area contributed by atoms with Crippen molar-refractivity contribution in [3.8, 4) is 6.07 Å². The molecule has 0 aromatic carbocycles. The molecule has 68 valence electrons. The van der Waals surface area contributed by atoms with E-state index in [1.165, 1.54) is 0 Å². The third kappa shape index (κ3) is 5.94. The minimum Gasteiger partial charge on any atom is -0.389 e. The summed E-state index contributed by atoms with van der Waals surface area (Å²) in [7, 11) is 0. The Labute approximate surface area is 74.5 Å². The molecule has 2 heteroatoms. The molecule has 0 saturated carbocycles. The lowest BCUT2D eigenvalue weighted by atomic mass is 9.97. The molecule has 0 radical (unpaired) electrons. The molecule has 0 aliphatic heterocycles. The standard InChI is InChI=1S/C10H17NO/c1-3-4-5-6-7-10(2,12)8-9-11/h4-5,12H,3,6-8H2,1-2H3/b5-4+/t10-/m1/s1. The van der Waals surface area contributed by atoms with Crippen molar-refractivity contribution in [3.63, 3.8) is 0 Å². The molecule has 0 bridgehead atoms. The quantitative estimate of drug-likeness (QED) is 0.639. The summed E-state index contributed by atoms with van der Waals surface area (Å²) in [6, 6.07) is 1.97. The van der Waals surface area contributed by atoms with Crippen LogP contribution in [-0.4, -0.2) is 10.7 Å². The second kappa shape index (κ2) is 5.79. The summed E-state index contributed by atoms with van der Waals surface area (Å²) in [5.41, 5.74) is -0.813. The van der Waals surface area contributed by atoms with E-state index in [-0.39, 0.29) is 6.42 Å². The Kier molecular flexibility index (Phi) is 5.40. The minimum absolute atomic E-state index is 0.215. The van der Waals surface area contributed by atoms with Crippen LogP contribution < -0.4 is 0 Å². The first kappa shape index (κ1) is 11.2. The molecular weight excluding hydrogens is 150 g/mol. The molecular formula is C10H17NO. The van der Waals surface area contributed by atoms with E-state index in [4.69, 9.17) is 5.26 Å². The maximum Gasteiger partial charge on any atom is 0.0752 e. The van der Waals surface area contributed by atoms with Crippen LogP contribution in [0.2, 0.25) is 0 Å². The second-order valence-corrected chi connectivity index (χ2v) is 3.25. The van der Waals surface area contributed by atoms with Crippen LogP contribution in [0.4, 0.5) is 0 Å². The Hall–Kier alpha value is -0.810. The van der Waals surface area contributed by atoms with E-state index in [2.05, 4.69) is 13.0 Å². The molecule has 0 aliphatic carbocycles. The zero-order chi connectivity index (χ0) is 9.45. The molecule has 0 unspecified atom stereocenters. The van der Waals surface area contributed by atoms with Gasteiger partial charge in [0.1, 0.15) is 0 Å². The number of hydrogen-bond donors (Lipinski definition) is 1. The van der Waals surface area contributed by atoms with E-state index in [0.717, 1.165) is 12.8 Å². The summed E-state index contributed by atoms with van der Waals surface area (Å²) in [6.07, 6.45) is 6.88. The molecule has 2 nitrogen and oxygen atoms in total. The number of nitrogens with zero attached hydrogens (tertiary/aromatic N) is 1. The molecule has 1 N–H and O–H groups in total. The van der Waals surface area contributed by atoms with Gasteiger partial charge in [0, 0.05) is 0 Å². The molecule has 12 heavy (non-hydrogen) atoms. The van der Waals surface area contributed by atoms with Gasteiger partial charge in [-0.1, -0.05) is 19.1 Å². The van der Waals surface area contributed by atoms with Crippen molar-refractivity contribution in [1.82, 2.24) is 0 Å². The Bertz CT molecular complexity index is 177. The van der Waals surface area contributed by atoms with Gasteiger partial charge in [0.2, 0.25) is 0 Å². The van der Waals surface area contributed by atoms with Gasteiger partial charge in [-0.05, 0) is 26.2 Å². The van der Waals surface area contributed by atoms with Gasteiger partial charge in [-0.15, -0.1) is 0 Å². The number of hydrogen-bond acceptors (Lipinski definition) is 2. The molecule has 0 heterocycles. The van der Waals surface area contributed by atoms with Crippen LogP contribution in [0.1, 0.15) is 39.5 Å². The fourth-order valence-electron chi connectivity index (χ4n) is 0.938. The van der Waals surface area contributed by atoms with E-state index in [1.807, 2.05) is 12.1 Å². The average Bonchev–Trinajstić information content (AvgIpc) is 1.98. The van der Waals surface area contributed by atoms with Gasteiger partial charge < -0.3 is 5.11 Å². The van der Waals surface area contributed by atoms with E-state index in [9.17, 15) is 5.11 Å². The fourth-order valence-corrected chi connectivity index (χ4v) is 0.938. The van der Waals surface area contributed by atoms with Crippen LogP contribution in [0.25, 0.3) is 0 Å². The fraction of sp³-hybridized carbons (Fsp3) is 0.700. The minimum atomic E-state index is -0.813. The van der Waals surface area contributed by atoms with Crippen molar-refractivity contribution in [2.24, 2.45) is 0 Å². The highest BCUT2D eigenvalue weighted by Gasteiger charge is 2.17. The van der Waals surface area contributed by atoms with Crippen LogP contribution in [-0.2, 0) is 0 Å². The number of nitriles is 1. The molecule has 1 atom stereocenters. The largest absolute Gasteiger partial charge is 0.389 e. The lowest BCUT2D eigenvalue weighted by molar-refractivity contribution is 0.0568. The van der Waals surface area contributed by atoms with Gasteiger partial charge in [0.15, 0.2) is 0 Å². The van der Waals surface area contributed by atoms with Crippen LogP contribution in [0.15, 0.2) is 12.2 Å². The van der Waals surface area contributed by atoms with Gasteiger partial charge in [-0.2, -0.15) is 5.26 Å². The first-order valence-corrected chi connectivity index (χ1v) is 4.36. The molecule has 0 fully saturated rings. The van der Waals surface area contributed by atoms with Gasteiger partial charge in [0.05, 0.1) is 18.1 Å². The van der Waals surface area contributed by atoms with Crippen molar-refractivity contribution >= 4 is 0 Å². The first-order valence-electron chi connectivity index (χ1n) is 4.36. The highest BCUT2D eigenvalue weighted by molar-refractivity contribution is 4.89. The van der Waals surface area contributed by atoms with Crippen molar-refractivity contribution < 1.29 is 5.11 Å². The van der Waals surface area contributed by atoms with Gasteiger partial charge in [-0.3, -0.25) is 0 Å². The summed E-state index contributed by atoms with van der Waals surface area (Å²) < 4.78 is 0. The predicted molar refractivity (Wildman–Crippen MR) is 49.5 cm³/mol. The Morgan fingerprint density at radius 2 is 2.17 bits per heavy atom. The Morgan fingerprint density at radius 3 is 2.67 bits per heavy atom.